The first-order chi connectivity index (χ1) is 7.29. The molecule has 0 saturated carbocycles. The van der Waals surface area contributed by atoms with Crippen molar-refractivity contribution in [3.8, 4) is 0 Å². The van der Waals surface area contributed by atoms with Gasteiger partial charge in [0.15, 0.2) is 6.10 Å². The van der Waals surface area contributed by atoms with Gasteiger partial charge in [-0.15, -0.1) is 0 Å². The lowest BCUT2D eigenvalue weighted by Crippen LogP contribution is -2.11. The number of aliphatic hydroxyl groups is 1. The molecular weight excluding hydrogens is 258 g/mol. The zero-order chi connectivity index (χ0) is 10.7. The van der Waals surface area contributed by atoms with Crippen molar-refractivity contribution < 1.29 is 9.84 Å². The van der Waals surface area contributed by atoms with Gasteiger partial charge in [0.25, 0.3) is 0 Å². The van der Waals surface area contributed by atoms with Gasteiger partial charge in [0, 0.05) is 10.7 Å². The van der Waals surface area contributed by atoms with Crippen LogP contribution in [-0.2, 0) is 4.74 Å². The van der Waals surface area contributed by atoms with Crippen LogP contribution < -0.4 is 0 Å². The van der Waals surface area contributed by atoms with E-state index in [2.05, 4.69) is 20.9 Å². The van der Waals surface area contributed by atoms with Gasteiger partial charge in [-0.2, -0.15) is 0 Å². The van der Waals surface area contributed by atoms with Crippen LogP contribution in [0.5, 0.6) is 0 Å². The van der Waals surface area contributed by atoms with Gasteiger partial charge >= 0.3 is 0 Å². The molecule has 0 aliphatic carbocycles. The van der Waals surface area contributed by atoms with E-state index in [-0.39, 0.29) is 0 Å². The number of nitrogens with zero attached hydrogens (tertiary/aromatic N) is 1. The fourth-order valence-electron chi connectivity index (χ4n) is 1.50. The first kappa shape index (κ1) is 10.6. The number of rotatable bonds is 2. The Bertz CT molecular complexity index is 379. The van der Waals surface area contributed by atoms with Crippen molar-refractivity contribution in [3.05, 3.63) is 40.3 Å². The Labute approximate surface area is 96.9 Å². The first-order valence-electron chi connectivity index (χ1n) is 4.90. The third kappa shape index (κ3) is 2.38. The van der Waals surface area contributed by atoms with E-state index >= 15 is 0 Å². The van der Waals surface area contributed by atoms with Gasteiger partial charge in [-0.25, -0.2) is 0 Å². The zero-order valence-corrected chi connectivity index (χ0v) is 9.77. The molecule has 15 heavy (non-hydrogen) atoms. The summed E-state index contributed by atoms with van der Waals surface area (Å²) in [4.78, 5) is 4.14. The predicted molar refractivity (Wildman–Crippen MR) is 60.2 cm³/mol. The van der Waals surface area contributed by atoms with E-state index in [1.54, 1.807) is 6.20 Å². The molecule has 2 rings (SSSR count). The molecule has 0 saturated heterocycles. The lowest BCUT2D eigenvalue weighted by atomic mass is 10.1. The van der Waals surface area contributed by atoms with Crippen molar-refractivity contribution in [2.24, 2.45) is 0 Å². The fraction of sp³-hybridized carbons (Fsp3) is 0.364. The van der Waals surface area contributed by atoms with Crippen molar-refractivity contribution in [1.29, 1.82) is 0 Å². The molecule has 1 unspecified atom stereocenters. The summed E-state index contributed by atoms with van der Waals surface area (Å²) in [5, 5.41) is 10.0. The number of aromatic nitrogens is 1. The molecule has 1 atom stereocenters. The van der Waals surface area contributed by atoms with Crippen LogP contribution in [-0.4, -0.2) is 16.7 Å². The average molecular weight is 270 g/mol. The second-order valence-electron chi connectivity index (χ2n) is 3.37. The number of allylic oxidation sites excluding steroid dienone is 1. The Morgan fingerprint density at radius 2 is 2.40 bits per heavy atom. The lowest BCUT2D eigenvalue weighted by molar-refractivity contribution is 0.0890. The van der Waals surface area contributed by atoms with Crippen LogP contribution in [0.3, 0.4) is 0 Å². The summed E-state index contributed by atoms with van der Waals surface area (Å²) < 4.78 is 6.20. The summed E-state index contributed by atoms with van der Waals surface area (Å²) in [6.07, 6.45) is 4.79. The molecule has 0 aromatic carbocycles. The van der Waals surface area contributed by atoms with Gasteiger partial charge < -0.3 is 9.84 Å². The Morgan fingerprint density at radius 1 is 1.53 bits per heavy atom. The van der Waals surface area contributed by atoms with Crippen LogP contribution in [0.2, 0.25) is 0 Å². The van der Waals surface area contributed by atoms with Crippen LogP contribution in [0, 0.1) is 0 Å². The summed E-state index contributed by atoms with van der Waals surface area (Å²) in [7, 11) is 0. The van der Waals surface area contributed by atoms with Gasteiger partial charge in [0.1, 0.15) is 5.76 Å². The molecule has 1 aliphatic heterocycles. The molecule has 80 valence electrons. The SMILES string of the molecule is OC(C1=CCCCO1)c1ncccc1Br. The minimum Gasteiger partial charge on any atom is -0.495 e. The highest BCUT2D eigenvalue weighted by Crippen LogP contribution is 2.28. The van der Waals surface area contributed by atoms with Gasteiger partial charge in [0.2, 0.25) is 0 Å². The van der Waals surface area contributed by atoms with Crippen LogP contribution in [0.1, 0.15) is 24.6 Å². The summed E-state index contributed by atoms with van der Waals surface area (Å²) in [5.41, 5.74) is 0.602. The maximum atomic E-state index is 10.0. The second kappa shape index (κ2) is 4.77. The van der Waals surface area contributed by atoms with Gasteiger partial charge in [0.05, 0.1) is 12.3 Å². The molecule has 0 amide bonds. The highest BCUT2D eigenvalue weighted by atomic mass is 79.9. The van der Waals surface area contributed by atoms with E-state index in [0.29, 0.717) is 18.1 Å². The normalized spacial score (nSPS) is 17.9. The highest BCUT2D eigenvalue weighted by molar-refractivity contribution is 9.10. The van der Waals surface area contributed by atoms with E-state index < -0.39 is 6.10 Å². The fourth-order valence-corrected chi connectivity index (χ4v) is 1.97. The molecule has 1 N–H and O–H groups in total. The Balaban J connectivity index is 2.23. The molecule has 0 bridgehead atoms. The van der Waals surface area contributed by atoms with Gasteiger partial charge in [-0.1, -0.05) is 0 Å². The lowest BCUT2D eigenvalue weighted by Gasteiger charge is -2.19. The molecule has 1 aromatic rings. The largest absolute Gasteiger partial charge is 0.495 e. The van der Waals surface area contributed by atoms with Gasteiger partial charge in [-0.3, -0.25) is 4.98 Å². The standard InChI is InChI=1S/C11H12BrNO2/c12-8-4-3-6-13-10(8)11(14)9-5-1-2-7-15-9/h3-6,11,14H,1-2,7H2. The van der Waals surface area contributed by atoms with Gasteiger partial charge in [-0.05, 0) is 47.0 Å². The Hall–Kier alpha value is -0.870. The summed E-state index contributed by atoms with van der Waals surface area (Å²) in [5.74, 6) is 0.612. The van der Waals surface area contributed by atoms with E-state index in [4.69, 9.17) is 4.74 Å². The summed E-state index contributed by atoms with van der Waals surface area (Å²) in [6.45, 7) is 0.674. The maximum absolute atomic E-state index is 10.0. The monoisotopic (exact) mass is 269 g/mol. The van der Waals surface area contributed by atoms with E-state index in [1.165, 1.54) is 0 Å². The quantitative estimate of drug-likeness (QED) is 0.898. The molecule has 3 nitrogen and oxygen atoms in total. The van der Waals surface area contributed by atoms with Crippen LogP contribution in [0.25, 0.3) is 0 Å². The average Bonchev–Trinajstić information content (AvgIpc) is 2.30. The summed E-state index contributed by atoms with van der Waals surface area (Å²) >= 11 is 3.36. The predicted octanol–water partition coefficient (Wildman–Crippen LogP) is 2.57. The van der Waals surface area contributed by atoms with Crippen molar-refractivity contribution in [2.45, 2.75) is 18.9 Å². The molecule has 1 aromatic heterocycles. The summed E-state index contributed by atoms with van der Waals surface area (Å²) in [6, 6.07) is 3.67. The number of halogens is 1. The molecular formula is C11H12BrNO2. The van der Waals surface area contributed by atoms with E-state index in [9.17, 15) is 5.11 Å². The zero-order valence-electron chi connectivity index (χ0n) is 8.19. The van der Waals surface area contributed by atoms with Crippen LogP contribution >= 0.6 is 15.9 Å². The number of hydrogen-bond donors (Lipinski definition) is 1. The van der Waals surface area contributed by atoms with Crippen molar-refractivity contribution >= 4 is 15.9 Å². The van der Waals surface area contributed by atoms with Crippen molar-refractivity contribution in [3.63, 3.8) is 0 Å². The first-order valence-corrected chi connectivity index (χ1v) is 5.69. The highest BCUT2D eigenvalue weighted by Gasteiger charge is 2.20. The molecule has 4 heteroatoms. The van der Waals surface area contributed by atoms with Crippen molar-refractivity contribution in [1.82, 2.24) is 4.98 Å². The molecule has 0 radical (unpaired) electrons. The maximum Gasteiger partial charge on any atom is 0.154 e. The number of hydrogen-bond acceptors (Lipinski definition) is 3. The number of aliphatic hydroxyl groups excluding tert-OH is 1. The number of ether oxygens (including phenoxy) is 1. The second-order valence-corrected chi connectivity index (χ2v) is 4.22. The van der Waals surface area contributed by atoms with Crippen molar-refractivity contribution in [2.75, 3.05) is 6.61 Å². The molecule has 1 aliphatic rings. The minimum atomic E-state index is -0.763. The molecule has 0 fully saturated rings. The molecule has 2 heterocycles. The Kier molecular flexibility index (Phi) is 3.38. The third-order valence-electron chi connectivity index (χ3n) is 2.28. The van der Waals surface area contributed by atoms with E-state index in [0.717, 1.165) is 17.3 Å². The van der Waals surface area contributed by atoms with E-state index in [1.807, 2.05) is 18.2 Å². The topological polar surface area (TPSA) is 42.4 Å². The smallest absolute Gasteiger partial charge is 0.154 e. The minimum absolute atomic E-state index is 0.602. The van der Waals surface area contributed by atoms with Crippen LogP contribution in [0.15, 0.2) is 34.6 Å². The van der Waals surface area contributed by atoms with Crippen LogP contribution in [0.4, 0.5) is 0 Å². The number of pyridine rings is 1. The Morgan fingerprint density at radius 3 is 3.07 bits per heavy atom. The molecule has 0 spiro atoms. The third-order valence-corrected chi connectivity index (χ3v) is 2.95.